The lowest BCUT2D eigenvalue weighted by molar-refractivity contribution is -0.118. The largest absolute Gasteiger partial charge is 0.494 e. The van der Waals surface area contributed by atoms with E-state index in [4.69, 9.17) is 4.74 Å². The van der Waals surface area contributed by atoms with Crippen molar-refractivity contribution in [2.45, 2.75) is 39.5 Å². The molecule has 0 fully saturated rings. The fourth-order valence-electron chi connectivity index (χ4n) is 1.96. The highest BCUT2D eigenvalue weighted by atomic mass is 16.5. The predicted octanol–water partition coefficient (Wildman–Crippen LogP) is 1.10. The Morgan fingerprint density at radius 2 is 1.95 bits per heavy atom. The van der Waals surface area contributed by atoms with Gasteiger partial charge >= 0.3 is 7.12 Å². The van der Waals surface area contributed by atoms with E-state index in [9.17, 15) is 19.6 Å². The van der Waals surface area contributed by atoms with Crippen molar-refractivity contribution in [2.24, 2.45) is 0 Å². The predicted molar refractivity (Wildman–Crippen MR) is 80.9 cm³/mol. The van der Waals surface area contributed by atoms with Crippen LogP contribution in [0.2, 0.25) is 0 Å². The van der Waals surface area contributed by atoms with Crippen LogP contribution in [0.15, 0.2) is 18.2 Å². The Balaban J connectivity index is 2.55. The van der Waals surface area contributed by atoms with Gasteiger partial charge in [0.2, 0.25) is 0 Å². The van der Waals surface area contributed by atoms with Crippen molar-refractivity contribution in [3.8, 4) is 5.75 Å². The highest BCUT2D eigenvalue weighted by molar-refractivity contribution is 6.60. The molecule has 0 saturated heterocycles. The van der Waals surface area contributed by atoms with Crippen molar-refractivity contribution in [1.29, 1.82) is 0 Å². The number of carbonyl (C=O) groups is 2. The molecule has 0 atom stereocenters. The van der Waals surface area contributed by atoms with Crippen LogP contribution in [0.25, 0.3) is 0 Å². The lowest BCUT2D eigenvalue weighted by Crippen LogP contribution is -2.34. The van der Waals surface area contributed by atoms with E-state index in [1.54, 1.807) is 6.07 Å². The Morgan fingerprint density at radius 1 is 1.24 bits per heavy atom. The zero-order valence-electron chi connectivity index (χ0n) is 12.5. The van der Waals surface area contributed by atoms with Crippen LogP contribution in [0.1, 0.15) is 49.9 Å². The molecule has 0 aliphatic carbocycles. The molecular formula is C15H21BO5. The summed E-state index contributed by atoms with van der Waals surface area (Å²) in [5.41, 5.74) is 0.409. The van der Waals surface area contributed by atoms with Gasteiger partial charge in [-0.15, -0.1) is 0 Å². The number of hydrogen-bond donors (Lipinski definition) is 2. The Labute approximate surface area is 125 Å². The van der Waals surface area contributed by atoms with Gasteiger partial charge in [0.15, 0.2) is 5.78 Å². The number of ketones is 2. The first-order valence-corrected chi connectivity index (χ1v) is 7.11. The number of rotatable bonds is 9. The molecule has 0 saturated carbocycles. The van der Waals surface area contributed by atoms with Crippen LogP contribution in [-0.4, -0.2) is 35.3 Å². The zero-order chi connectivity index (χ0) is 15.8. The number of ether oxygens (including phenoxy) is 1. The number of Topliss-reactive ketones (excluding diaryl/α,β-unsaturated/α-hetero) is 2. The minimum atomic E-state index is -1.71. The summed E-state index contributed by atoms with van der Waals surface area (Å²) >= 11 is 0. The number of hydrogen-bond acceptors (Lipinski definition) is 5. The summed E-state index contributed by atoms with van der Waals surface area (Å²) in [7, 11) is -1.71. The quantitative estimate of drug-likeness (QED) is 0.404. The third-order valence-electron chi connectivity index (χ3n) is 3.19. The van der Waals surface area contributed by atoms with E-state index in [0.717, 1.165) is 12.8 Å². The average molecular weight is 292 g/mol. The summed E-state index contributed by atoms with van der Waals surface area (Å²) in [6, 6.07) is 4.60. The molecule has 6 heteroatoms. The van der Waals surface area contributed by atoms with Gasteiger partial charge in [0.25, 0.3) is 0 Å². The van der Waals surface area contributed by atoms with Crippen LogP contribution in [0, 0.1) is 0 Å². The fourth-order valence-corrected chi connectivity index (χ4v) is 1.96. The van der Waals surface area contributed by atoms with E-state index >= 15 is 0 Å². The van der Waals surface area contributed by atoms with Gasteiger partial charge in [0.1, 0.15) is 11.5 Å². The van der Waals surface area contributed by atoms with Gasteiger partial charge in [0, 0.05) is 18.4 Å². The maximum absolute atomic E-state index is 11.4. The van der Waals surface area contributed by atoms with Crippen molar-refractivity contribution in [3.63, 3.8) is 0 Å². The molecule has 0 aliphatic rings. The molecule has 0 radical (unpaired) electrons. The smallest absolute Gasteiger partial charge is 0.489 e. The molecule has 0 heterocycles. The van der Waals surface area contributed by atoms with Crippen molar-refractivity contribution in [2.75, 3.05) is 6.61 Å². The van der Waals surface area contributed by atoms with Crippen LogP contribution in [0.3, 0.4) is 0 Å². The zero-order valence-corrected chi connectivity index (χ0v) is 12.5. The fraction of sp³-hybridized carbons (Fsp3) is 0.467. The second-order valence-electron chi connectivity index (χ2n) is 4.88. The van der Waals surface area contributed by atoms with E-state index in [1.807, 2.05) is 6.92 Å². The first-order chi connectivity index (χ1) is 9.95. The molecule has 21 heavy (non-hydrogen) atoms. The maximum atomic E-state index is 11.4. The Bertz CT molecular complexity index is 499. The van der Waals surface area contributed by atoms with E-state index in [-0.39, 0.29) is 22.6 Å². The average Bonchev–Trinajstić information content (AvgIpc) is 2.46. The first kappa shape index (κ1) is 17.4. The molecule has 1 rings (SSSR count). The molecule has 0 aliphatic heterocycles. The standard InChI is InChI=1S/C15H21BO5/c1-3-12(18)6-4-5-9-21-13-7-8-14(11(2)17)15(10-13)16(19)20/h7-8,10,19-20H,3-6,9H2,1-2H3. The van der Waals surface area contributed by atoms with Gasteiger partial charge in [-0.05, 0) is 43.4 Å². The summed E-state index contributed by atoms with van der Waals surface area (Å²) in [5.74, 6) is 0.485. The molecule has 0 amide bonds. The van der Waals surface area contributed by atoms with Gasteiger partial charge in [-0.3, -0.25) is 9.59 Å². The third-order valence-corrected chi connectivity index (χ3v) is 3.19. The van der Waals surface area contributed by atoms with Crippen molar-refractivity contribution in [3.05, 3.63) is 23.8 Å². The molecular weight excluding hydrogens is 271 g/mol. The van der Waals surface area contributed by atoms with Crippen LogP contribution in [0.5, 0.6) is 5.75 Å². The molecule has 1 aromatic rings. The van der Waals surface area contributed by atoms with Crippen molar-refractivity contribution < 1.29 is 24.4 Å². The normalized spacial score (nSPS) is 10.3. The summed E-state index contributed by atoms with van der Waals surface area (Å²) in [6.45, 7) is 3.65. The molecule has 0 aromatic heterocycles. The van der Waals surface area contributed by atoms with Gasteiger partial charge in [-0.2, -0.15) is 0 Å². The molecule has 1 aromatic carbocycles. The van der Waals surface area contributed by atoms with Crippen LogP contribution >= 0.6 is 0 Å². The topological polar surface area (TPSA) is 83.8 Å². The minimum Gasteiger partial charge on any atom is -0.494 e. The Kier molecular flexibility index (Phi) is 7.12. The SMILES string of the molecule is CCC(=O)CCCCOc1ccc(C(C)=O)c(B(O)O)c1. The van der Waals surface area contributed by atoms with E-state index < -0.39 is 7.12 Å². The molecule has 2 N–H and O–H groups in total. The lowest BCUT2D eigenvalue weighted by atomic mass is 9.76. The monoisotopic (exact) mass is 292 g/mol. The number of benzene rings is 1. The number of carbonyl (C=O) groups excluding carboxylic acids is 2. The van der Waals surface area contributed by atoms with Crippen LogP contribution < -0.4 is 10.2 Å². The van der Waals surface area contributed by atoms with Gasteiger partial charge in [-0.1, -0.05) is 6.92 Å². The van der Waals surface area contributed by atoms with Gasteiger partial charge < -0.3 is 14.8 Å². The van der Waals surface area contributed by atoms with E-state index in [0.29, 0.717) is 25.2 Å². The third kappa shape index (κ3) is 5.69. The maximum Gasteiger partial charge on any atom is 0.489 e. The summed E-state index contributed by atoms with van der Waals surface area (Å²) in [5, 5.41) is 18.6. The molecule has 0 unspecified atom stereocenters. The van der Waals surface area contributed by atoms with Crippen molar-refractivity contribution in [1.82, 2.24) is 0 Å². The van der Waals surface area contributed by atoms with Crippen LogP contribution in [-0.2, 0) is 4.79 Å². The summed E-state index contributed by atoms with van der Waals surface area (Å²) < 4.78 is 5.50. The first-order valence-electron chi connectivity index (χ1n) is 7.11. The minimum absolute atomic E-state index is 0.140. The Hall–Kier alpha value is -1.66. The van der Waals surface area contributed by atoms with Gasteiger partial charge in [0.05, 0.1) is 6.61 Å². The lowest BCUT2D eigenvalue weighted by Gasteiger charge is -2.10. The molecule has 0 spiro atoms. The van der Waals surface area contributed by atoms with Gasteiger partial charge in [-0.25, -0.2) is 0 Å². The second kappa shape index (κ2) is 8.59. The van der Waals surface area contributed by atoms with E-state index in [2.05, 4.69) is 0 Å². The number of unbranched alkanes of at least 4 members (excludes halogenated alkanes) is 1. The van der Waals surface area contributed by atoms with E-state index in [1.165, 1.54) is 19.1 Å². The van der Waals surface area contributed by atoms with Crippen LogP contribution in [0.4, 0.5) is 0 Å². The summed E-state index contributed by atoms with van der Waals surface area (Å²) in [6.07, 6.45) is 2.64. The van der Waals surface area contributed by atoms with Crippen molar-refractivity contribution >= 4 is 24.1 Å². The molecule has 5 nitrogen and oxygen atoms in total. The highest BCUT2D eigenvalue weighted by Gasteiger charge is 2.19. The summed E-state index contributed by atoms with van der Waals surface area (Å²) in [4.78, 5) is 22.5. The highest BCUT2D eigenvalue weighted by Crippen LogP contribution is 2.12. The second-order valence-corrected chi connectivity index (χ2v) is 4.88. The molecule has 0 bridgehead atoms. The Morgan fingerprint density at radius 3 is 2.52 bits per heavy atom. The molecule has 114 valence electrons.